The van der Waals surface area contributed by atoms with Crippen LogP contribution in [0.4, 0.5) is 0 Å². The lowest BCUT2D eigenvalue weighted by atomic mass is 10.2. The molecule has 1 heterocycles. The number of hydroxylamine groups is 1. The van der Waals surface area contributed by atoms with Gasteiger partial charge in [0.25, 0.3) is 5.91 Å². The summed E-state index contributed by atoms with van der Waals surface area (Å²) in [7, 11) is 0. The maximum atomic E-state index is 11.3. The third kappa shape index (κ3) is 3.35. The van der Waals surface area contributed by atoms with Gasteiger partial charge in [-0.15, -0.1) is 12.4 Å². The van der Waals surface area contributed by atoms with Crippen molar-refractivity contribution in [3.8, 4) is 0 Å². The zero-order valence-electron chi connectivity index (χ0n) is 8.32. The fourth-order valence-electron chi connectivity index (χ4n) is 1.49. The first-order valence-electron chi connectivity index (χ1n) is 5.01. The Labute approximate surface area is 94.3 Å². The van der Waals surface area contributed by atoms with Crippen molar-refractivity contribution in [2.45, 2.75) is 31.7 Å². The summed E-state index contributed by atoms with van der Waals surface area (Å²) in [5.74, 6) is -0.479. The van der Waals surface area contributed by atoms with Gasteiger partial charge in [0.15, 0.2) is 0 Å². The van der Waals surface area contributed by atoms with Gasteiger partial charge in [-0.2, -0.15) is 5.48 Å². The van der Waals surface area contributed by atoms with Crippen molar-refractivity contribution in [3.63, 3.8) is 0 Å². The molecule has 1 aliphatic heterocycles. The van der Waals surface area contributed by atoms with E-state index in [1.807, 2.05) is 0 Å². The Bertz CT molecular complexity index is 250. The largest absolute Gasteiger partial charge is 0.348 e. The zero-order chi connectivity index (χ0) is 9.97. The van der Waals surface area contributed by atoms with Crippen molar-refractivity contribution < 1.29 is 14.4 Å². The van der Waals surface area contributed by atoms with Gasteiger partial charge in [-0.25, -0.2) is 4.79 Å². The molecule has 0 spiro atoms. The van der Waals surface area contributed by atoms with Gasteiger partial charge in [0, 0.05) is 5.92 Å². The molecule has 1 aliphatic carbocycles. The van der Waals surface area contributed by atoms with Crippen molar-refractivity contribution in [3.05, 3.63) is 0 Å². The molecular formula is C9H15ClN2O3. The molecule has 1 saturated heterocycles. The number of rotatable bonds is 2. The summed E-state index contributed by atoms with van der Waals surface area (Å²) in [6, 6.07) is -0.241. The van der Waals surface area contributed by atoms with Crippen LogP contribution in [0.2, 0.25) is 0 Å². The molecule has 2 N–H and O–H groups in total. The molecule has 15 heavy (non-hydrogen) atoms. The molecular weight excluding hydrogens is 220 g/mol. The Balaban J connectivity index is 0.00000112. The van der Waals surface area contributed by atoms with Gasteiger partial charge in [-0.05, 0) is 32.2 Å². The summed E-state index contributed by atoms with van der Waals surface area (Å²) < 4.78 is 0. The maximum Gasteiger partial charge on any atom is 0.348 e. The van der Waals surface area contributed by atoms with Crippen LogP contribution in [-0.2, 0) is 14.4 Å². The van der Waals surface area contributed by atoms with E-state index in [2.05, 4.69) is 15.6 Å². The molecule has 1 atom stereocenters. The standard InChI is InChI=1S/C9H14N2O3.ClH/c12-8(6-3-4-6)11-14-9(13)7-2-1-5-10-7;/h6-7,10H,1-5H2,(H,11,12);1H. The van der Waals surface area contributed by atoms with Crippen LogP contribution < -0.4 is 10.8 Å². The molecule has 2 rings (SSSR count). The SMILES string of the molecule is Cl.O=C(NOC(=O)C1CCCN1)C1CC1. The van der Waals surface area contributed by atoms with E-state index in [0.717, 1.165) is 32.2 Å². The number of carbonyl (C=O) groups is 2. The first-order valence-corrected chi connectivity index (χ1v) is 5.01. The highest BCUT2D eigenvalue weighted by Crippen LogP contribution is 2.28. The molecule has 1 amide bonds. The number of nitrogens with one attached hydrogen (secondary N) is 2. The molecule has 86 valence electrons. The Hall–Kier alpha value is -0.810. The van der Waals surface area contributed by atoms with Gasteiger partial charge in [-0.1, -0.05) is 0 Å². The lowest BCUT2D eigenvalue weighted by Gasteiger charge is -2.09. The molecule has 0 bridgehead atoms. The van der Waals surface area contributed by atoms with E-state index >= 15 is 0 Å². The van der Waals surface area contributed by atoms with Crippen molar-refractivity contribution in [2.75, 3.05) is 6.54 Å². The van der Waals surface area contributed by atoms with Crippen LogP contribution in [0.25, 0.3) is 0 Å². The number of hydrogen-bond donors (Lipinski definition) is 2. The predicted molar refractivity (Wildman–Crippen MR) is 55.2 cm³/mol. The third-order valence-corrected chi connectivity index (χ3v) is 2.55. The van der Waals surface area contributed by atoms with Gasteiger partial charge in [0.05, 0.1) is 0 Å². The minimum absolute atomic E-state index is 0. The van der Waals surface area contributed by atoms with E-state index < -0.39 is 0 Å². The van der Waals surface area contributed by atoms with Crippen molar-refractivity contribution in [1.29, 1.82) is 0 Å². The second kappa shape index (κ2) is 5.32. The lowest BCUT2D eigenvalue weighted by molar-refractivity contribution is -0.160. The molecule has 1 saturated carbocycles. The second-order valence-corrected chi connectivity index (χ2v) is 3.81. The minimum atomic E-state index is -0.378. The van der Waals surface area contributed by atoms with Crippen molar-refractivity contribution >= 4 is 24.3 Å². The van der Waals surface area contributed by atoms with Crippen molar-refractivity contribution in [1.82, 2.24) is 10.8 Å². The fraction of sp³-hybridized carbons (Fsp3) is 0.778. The Kier molecular flexibility index (Phi) is 4.35. The van der Waals surface area contributed by atoms with Crippen LogP contribution in [0.1, 0.15) is 25.7 Å². The molecule has 2 aliphatic rings. The summed E-state index contributed by atoms with van der Waals surface area (Å²) in [4.78, 5) is 27.1. The zero-order valence-corrected chi connectivity index (χ0v) is 9.14. The third-order valence-electron chi connectivity index (χ3n) is 2.55. The first-order chi connectivity index (χ1) is 6.77. The average molecular weight is 235 g/mol. The van der Waals surface area contributed by atoms with Crippen LogP contribution in [0.3, 0.4) is 0 Å². The topological polar surface area (TPSA) is 67.4 Å². The van der Waals surface area contributed by atoms with Gasteiger partial charge < -0.3 is 10.2 Å². The number of carbonyl (C=O) groups excluding carboxylic acids is 2. The summed E-state index contributed by atoms with van der Waals surface area (Å²) in [6.45, 7) is 0.844. The van der Waals surface area contributed by atoms with Gasteiger partial charge in [0.2, 0.25) is 0 Å². The molecule has 0 aromatic rings. The highest BCUT2D eigenvalue weighted by molar-refractivity contribution is 5.85. The fourth-order valence-corrected chi connectivity index (χ4v) is 1.49. The smallest absolute Gasteiger partial charge is 0.339 e. The van der Waals surface area contributed by atoms with Gasteiger partial charge in [0.1, 0.15) is 6.04 Å². The molecule has 0 aromatic carbocycles. The summed E-state index contributed by atoms with van der Waals surface area (Å²) in [5.41, 5.74) is 2.19. The second-order valence-electron chi connectivity index (χ2n) is 3.81. The highest BCUT2D eigenvalue weighted by atomic mass is 35.5. The summed E-state index contributed by atoms with van der Waals surface area (Å²) in [6.07, 6.45) is 3.59. The molecule has 6 heteroatoms. The predicted octanol–water partition coefficient (Wildman–Crippen LogP) is 0.145. The molecule has 0 radical (unpaired) electrons. The van der Waals surface area contributed by atoms with Gasteiger partial charge in [-0.3, -0.25) is 4.79 Å². The Morgan fingerprint density at radius 1 is 1.27 bits per heavy atom. The monoisotopic (exact) mass is 234 g/mol. The van der Waals surface area contributed by atoms with E-state index in [0.29, 0.717) is 0 Å². The van der Waals surface area contributed by atoms with E-state index in [1.54, 1.807) is 0 Å². The summed E-state index contributed by atoms with van der Waals surface area (Å²) in [5, 5.41) is 3.00. The molecule has 1 unspecified atom stereocenters. The van der Waals surface area contributed by atoms with E-state index in [4.69, 9.17) is 0 Å². The number of halogens is 1. The van der Waals surface area contributed by atoms with E-state index in [-0.39, 0.29) is 36.2 Å². The normalized spacial score (nSPS) is 24.1. The number of hydrogen-bond acceptors (Lipinski definition) is 4. The van der Waals surface area contributed by atoms with Crippen LogP contribution in [-0.4, -0.2) is 24.5 Å². The quantitative estimate of drug-likeness (QED) is 0.668. The molecule has 5 nitrogen and oxygen atoms in total. The first kappa shape index (κ1) is 12.3. The Morgan fingerprint density at radius 3 is 2.53 bits per heavy atom. The Morgan fingerprint density at radius 2 is 2.00 bits per heavy atom. The average Bonchev–Trinajstić information content (AvgIpc) is 2.90. The lowest BCUT2D eigenvalue weighted by Crippen LogP contribution is -2.38. The van der Waals surface area contributed by atoms with E-state index in [1.165, 1.54) is 0 Å². The highest BCUT2D eigenvalue weighted by Gasteiger charge is 2.31. The van der Waals surface area contributed by atoms with Crippen LogP contribution in [0, 0.1) is 5.92 Å². The summed E-state index contributed by atoms with van der Waals surface area (Å²) >= 11 is 0. The van der Waals surface area contributed by atoms with Gasteiger partial charge >= 0.3 is 5.97 Å². The molecule has 0 aromatic heterocycles. The number of amides is 1. The van der Waals surface area contributed by atoms with Crippen LogP contribution in [0.15, 0.2) is 0 Å². The molecule has 2 fully saturated rings. The van der Waals surface area contributed by atoms with Crippen LogP contribution in [0.5, 0.6) is 0 Å². The minimum Gasteiger partial charge on any atom is -0.339 e. The van der Waals surface area contributed by atoms with Crippen LogP contribution >= 0.6 is 12.4 Å². The maximum absolute atomic E-state index is 11.3. The van der Waals surface area contributed by atoms with Crippen molar-refractivity contribution in [2.24, 2.45) is 5.92 Å². The van der Waals surface area contributed by atoms with E-state index in [9.17, 15) is 9.59 Å².